The number of benzene rings is 1. The van der Waals surface area contributed by atoms with Gasteiger partial charge in [0, 0.05) is 30.3 Å². The van der Waals surface area contributed by atoms with Gasteiger partial charge in [-0.3, -0.25) is 4.79 Å². The molecule has 0 aliphatic carbocycles. The minimum atomic E-state index is -0.516. The van der Waals surface area contributed by atoms with Gasteiger partial charge < -0.3 is 21.1 Å². The molecule has 1 aromatic carbocycles. The highest BCUT2D eigenvalue weighted by Gasteiger charge is 2.14. The number of hydrogen-bond donors (Lipinski definition) is 3. The van der Waals surface area contributed by atoms with Gasteiger partial charge in [-0.1, -0.05) is 6.42 Å². The van der Waals surface area contributed by atoms with E-state index in [0.29, 0.717) is 18.1 Å². The summed E-state index contributed by atoms with van der Waals surface area (Å²) in [5.41, 5.74) is 8.08. The number of anilines is 1. The number of urea groups is 1. The molecule has 3 rings (SSSR count). The summed E-state index contributed by atoms with van der Waals surface area (Å²) in [6.07, 6.45) is 3.77. The number of unbranched alkanes of at least 4 members (excludes halogenated alkanes) is 2. The summed E-state index contributed by atoms with van der Waals surface area (Å²) in [5, 5.41) is 7.93. The second kappa shape index (κ2) is 8.66. The molecule has 0 radical (unpaired) electrons. The van der Waals surface area contributed by atoms with Crippen LogP contribution in [0.15, 0.2) is 23.6 Å². The van der Waals surface area contributed by atoms with Crippen molar-refractivity contribution in [3.8, 4) is 17.0 Å². The summed E-state index contributed by atoms with van der Waals surface area (Å²) in [4.78, 5) is 27.0. The monoisotopic (exact) mass is 374 g/mol. The third-order valence-corrected chi connectivity index (χ3v) is 4.87. The van der Waals surface area contributed by atoms with Crippen molar-refractivity contribution in [1.82, 2.24) is 10.3 Å². The Balaban J connectivity index is 1.45. The fourth-order valence-electron chi connectivity index (χ4n) is 2.79. The Morgan fingerprint density at radius 2 is 2.15 bits per heavy atom. The van der Waals surface area contributed by atoms with Crippen LogP contribution in [0.2, 0.25) is 0 Å². The molecule has 4 N–H and O–H groups in total. The number of thiazole rings is 1. The van der Waals surface area contributed by atoms with Gasteiger partial charge in [-0.05, 0) is 36.6 Å². The lowest BCUT2D eigenvalue weighted by Gasteiger charge is -2.03. The molecule has 1 aliphatic heterocycles. The molecular formula is C18H22N4O3S. The van der Waals surface area contributed by atoms with Crippen molar-refractivity contribution < 1.29 is 14.3 Å². The number of ether oxygens (including phenoxy) is 1. The van der Waals surface area contributed by atoms with Crippen molar-refractivity contribution >= 4 is 28.4 Å². The minimum Gasteiger partial charge on any atom is -0.493 e. The lowest BCUT2D eigenvalue weighted by Crippen LogP contribution is -2.29. The highest BCUT2D eigenvalue weighted by molar-refractivity contribution is 7.14. The average molecular weight is 374 g/mol. The fraction of sp³-hybridized carbons (Fsp3) is 0.389. The Morgan fingerprint density at radius 1 is 1.27 bits per heavy atom. The molecule has 8 heteroatoms. The van der Waals surface area contributed by atoms with Gasteiger partial charge in [0.05, 0.1) is 12.3 Å². The van der Waals surface area contributed by atoms with Gasteiger partial charge in [0.1, 0.15) is 5.75 Å². The van der Waals surface area contributed by atoms with Crippen LogP contribution in [0.4, 0.5) is 9.93 Å². The number of carbonyl (C=O) groups excluding carboxylic acids is 2. The third kappa shape index (κ3) is 4.95. The fourth-order valence-corrected chi connectivity index (χ4v) is 3.53. The van der Waals surface area contributed by atoms with Crippen molar-refractivity contribution in [3.63, 3.8) is 0 Å². The molecular weight excluding hydrogens is 352 g/mol. The minimum absolute atomic E-state index is 0.0453. The summed E-state index contributed by atoms with van der Waals surface area (Å²) in [6.45, 7) is 1.27. The van der Waals surface area contributed by atoms with Crippen LogP contribution >= 0.6 is 11.3 Å². The normalized spacial score (nSPS) is 12.3. The standard InChI is InChI=1S/C18H22N4O3S/c19-17(24)20-8-3-1-2-4-16(23)22-18-21-14(11-26-18)12-5-6-15-13(10-12)7-9-25-15/h5-6,10-11H,1-4,7-9H2,(H3,19,20,24)(H,21,22,23). The molecule has 3 amide bonds. The van der Waals surface area contributed by atoms with Gasteiger partial charge in [0.25, 0.3) is 0 Å². The second-order valence-corrected chi connectivity index (χ2v) is 6.97. The first-order chi connectivity index (χ1) is 12.6. The van der Waals surface area contributed by atoms with E-state index in [1.165, 1.54) is 16.9 Å². The van der Waals surface area contributed by atoms with Crippen LogP contribution in [-0.4, -0.2) is 30.1 Å². The van der Waals surface area contributed by atoms with Crippen LogP contribution in [0, 0.1) is 0 Å². The molecule has 138 valence electrons. The number of primary amides is 1. The molecule has 0 atom stereocenters. The number of nitrogens with two attached hydrogens (primary N) is 1. The Morgan fingerprint density at radius 3 is 3.00 bits per heavy atom. The first kappa shape index (κ1) is 18.2. The molecule has 1 aromatic heterocycles. The Bertz CT molecular complexity index is 790. The lowest BCUT2D eigenvalue weighted by atomic mass is 10.1. The van der Waals surface area contributed by atoms with Crippen LogP contribution < -0.4 is 21.1 Å². The zero-order valence-electron chi connectivity index (χ0n) is 14.4. The molecule has 0 saturated heterocycles. The average Bonchev–Trinajstić information content (AvgIpc) is 3.26. The first-order valence-corrected chi connectivity index (χ1v) is 9.54. The predicted molar refractivity (Wildman–Crippen MR) is 101 cm³/mol. The van der Waals surface area contributed by atoms with Crippen LogP contribution in [-0.2, 0) is 11.2 Å². The van der Waals surface area contributed by atoms with Crippen LogP contribution in [0.25, 0.3) is 11.3 Å². The Kier molecular flexibility index (Phi) is 6.06. The highest BCUT2D eigenvalue weighted by atomic mass is 32.1. The van der Waals surface area contributed by atoms with E-state index < -0.39 is 6.03 Å². The quantitative estimate of drug-likeness (QED) is 0.618. The zero-order valence-corrected chi connectivity index (χ0v) is 15.2. The van der Waals surface area contributed by atoms with Crippen LogP contribution in [0.1, 0.15) is 31.2 Å². The summed E-state index contributed by atoms with van der Waals surface area (Å²) in [5.74, 6) is 0.902. The van der Waals surface area contributed by atoms with Gasteiger partial charge in [-0.15, -0.1) is 11.3 Å². The van der Waals surface area contributed by atoms with Crippen LogP contribution in [0.5, 0.6) is 5.75 Å². The Hall–Kier alpha value is -2.61. The van der Waals surface area contributed by atoms with Gasteiger partial charge in [0.2, 0.25) is 5.91 Å². The van der Waals surface area contributed by atoms with E-state index in [2.05, 4.69) is 21.7 Å². The molecule has 2 heterocycles. The molecule has 0 fully saturated rings. The summed E-state index contributed by atoms with van der Waals surface area (Å²) >= 11 is 1.42. The van der Waals surface area contributed by atoms with E-state index in [1.807, 2.05) is 17.5 Å². The molecule has 2 aromatic rings. The maximum atomic E-state index is 12.0. The molecule has 0 unspecified atom stereocenters. The molecule has 0 bridgehead atoms. The molecule has 0 spiro atoms. The van der Waals surface area contributed by atoms with Gasteiger partial charge in [-0.2, -0.15) is 0 Å². The number of amides is 3. The van der Waals surface area contributed by atoms with E-state index in [1.54, 1.807) is 0 Å². The second-order valence-electron chi connectivity index (χ2n) is 6.11. The number of carbonyl (C=O) groups is 2. The smallest absolute Gasteiger partial charge is 0.312 e. The number of fused-ring (bicyclic) bond motifs is 1. The maximum absolute atomic E-state index is 12.0. The van der Waals surface area contributed by atoms with Gasteiger partial charge >= 0.3 is 6.03 Å². The van der Waals surface area contributed by atoms with E-state index in [-0.39, 0.29) is 5.91 Å². The van der Waals surface area contributed by atoms with Crippen LogP contribution in [0.3, 0.4) is 0 Å². The molecule has 26 heavy (non-hydrogen) atoms. The topological polar surface area (TPSA) is 106 Å². The van der Waals surface area contributed by atoms with Crippen molar-refractivity contribution in [1.29, 1.82) is 0 Å². The third-order valence-electron chi connectivity index (χ3n) is 4.12. The van der Waals surface area contributed by atoms with E-state index in [9.17, 15) is 9.59 Å². The maximum Gasteiger partial charge on any atom is 0.312 e. The molecule has 0 saturated carbocycles. The van der Waals surface area contributed by atoms with Crippen molar-refractivity contribution in [2.75, 3.05) is 18.5 Å². The summed E-state index contributed by atoms with van der Waals surface area (Å²) in [6, 6.07) is 5.55. The molecule has 1 aliphatic rings. The number of hydrogen-bond acceptors (Lipinski definition) is 5. The van der Waals surface area contributed by atoms with E-state index in [4.69, 9.17) is 10.5 Å². The van der Waals surface area contributed by atoms with Gasteiger partial charge in [0.15, 0.2) is 5.13 Å². The van der Waals surface area contributed by atoms with Crippen molar-refractivity contribution in [2.24, 2.45) is 5.73 Å². The number of rotatable bonds is 8. The van der Waals surface area contributed by atoms with E-state index in [0.717, 1.165) is 49.3 Å². The zero-order chi connectivity index (χ0) is 18.4. The highest BCUT2D eigenvalue weighted by Crippen LogP contribution is 2.31. The van der Waals surface area contributed by atoms with Crippen molar-refractivity contribution in [3.05, 3.63) is 29.1 Å². The van der Waals surface area contributed by atoms with Gasteiger partial charge in [-0.25, -0.2) is 9.78 Å². The van der Waals surface area contributed by atoms with Crippen molar-refractivity contribution in [2.45, 2.75) is 32.1 Å². The summed E-state index contributed by atoms with van der Waals surface area (Å²) < 4.78 is 5.52. The first-order valence-electron chi connectivity index (χ1n) is 8.66. The largest absolute Gasteiger partial charge is 0.493 e. The summed E-state index contributed by atoms with van der Waals surface area (Å²) in [7, 11) is 0. The predicted octanol–water partition coefficient (Wildman–Crippen LogP) is 2.91. The number of nitrogens with one attached hydrogen (secondary N) is 2. The van der Waals surface area contributed by atoms with E-state index >= 15 is 0 Å². The number of aromatic nitrogens is 1. The molecule has 7 nitrogen and oxygen atoms in total. The lowest BCUT2D eigenvalue weighted by molar-refractivity contribution is -0.116. The SMILES string of the molecule is NC(=O)NCCCCCC(=O)Nc1nc(-c2ccc3c(c2)CCO3)cs1. The number of nitrogens with zero attached hydrogens (tertiary/aromatic N) is 1. The Labute approximate surface area is 156 Å².